The summed E-state index contributed by atoms with van der Waals surface area (Å²) in [6, 6.07) is 0. The van der Waals surface area contributed by atoms with Crippen LogP contribution in [0.15, 0.2) is 0 Å². The molecule has 180 valence electrons. The topological polar surface area (TPSA) is 125 Å². The van der Waals surface area contributed by atoms with Crippen LogP contribution in [0.4, 0.5) is 0 Å². The molecule has 0 unspecified atom stereocenters. The summed E-state index contributed by atoms with van der Waals surface area (Å²) in [5.41, 5.74) is 0. The summed E-state index contributed by atoms with van der Waals surface area (Å²) in [4.78, 5) is 21.7. The zero-order chi connectivity index (χ0) is 25.1. The average Bonchev–Trinajstić information content (AvgIpc) is 2.76. The molecule has 0 fully saturated rings. The van der Waals surface area contributed by atoms with Crippen molar-refractivity contribution in [1.29, 1.82) is 0 Å². The molecule has 0 aliphatic rings. The molecule has 0 aromatic heterocycles. The van der Waals surface area contributed by atoms with Crippen LogP contribution in [0.5, 0.6) is 0 Å². The van der Waals surface area contributed by atoms with Crippen LogP contribution in [0, 0.1) is 35.5 Å². The highest BCUT2D eigenvalue weighted by atomic mass is 31.2. The van der Waals surface area contributed by atoms with Crippen LogP contribution in [0.1, 0.15) is 40.5 Å². The molecule has 0 saturated carbocycles. The number of aliphatic carboxylic acids is 1. The van der Waals surface area contributed by atoms with Gasteiger partial charge in [0.25, 0.3) is 0 Å². The molecule has 2 atom stereocenters. The van der Waals surface area contributed by atoms with Crippen LogP contribution >= 0.6 is 15.2 Å². The lowest BCUT2D eigenvalue weighted by atomic mass is 10.0. The SMILES string of the molecule is CC#CC[C@H](C)C(=O)CP(=O)(OC)OC.CC#CC[C@H](C)C(=O)O.COP(C)(=O)OC. The van der Waals surface area contributed by atoms with E-state index in [0.29, 0.717) is 12.8 Å². The van der Waals surface area contributed by atoms with Crippen molar-refractivity contribution in [1.82, 2.24) is 0 Å². The van der Waals surface area contributed by atoms with E-state index in [1.807, 2.05) is 0 Å². The second-order valence-corrected chi connectivity index (χ2v) is 10.7. The Morgan fingerprint density at radius 3 is 1.48 bits per heavy atom. The number of rotatable bonds is 10. The predicted octanol–water partition coefficient (Wildman–Crippen LogP) is 4.31. The normalized spacial score (nSPS) is 12.2. The Balaban J connectivity index is -0.000000417. The lowest BCUT2D eigenvalue weighted by Gasteiger charge is -2.14. The van der Waals surface area contributed by atoms with Gasteiger partial charge in [0.2, 0.25) is 0 Å². The third-order valence-corrected chi connectivity index (χ3v) is 6.85. The van der Waals surface area contributed by atoms with Crippen LogP contribution in [0.3, 0.4) is 0 Å². The fourth-order valence-corrected chi connectivity index (χ4v) is 2.59. The molecule has 0 aliphatic carbocycles. The van der Waals surface area contributed by atoms with Gasteiger partial charge in [-0.3, -0.25) is 18.7 Å². The van der Waals surface area contributed by atoms with Gasteiger partial charge in [-0.05, 0) is 13.8 Å². The highest BCUT2D eigenvalue weighted by molar-refractivity contribution is 7.54. The minimum atomic E-state index is -3.22. The van der Waals surface area contributed by atoms with Crippen LogP contribution in [-0.4, -0.2) is 58.1 Å². The number of hydrogen-bond acceptors (Lipinski definition) is 8. The van der Waals surface area contributed by atoms with Crippen molar-refractivity contribution in [3.63, 3.8) is 0 Å². The molecular weight excluding hydrogens is 446 g/mol. The first kappa shape index (κ1) is 34.2. The van der Waals surface area contributed by atoms with Gasteiger partial charge in [-0.2, -0.15) is 0 Å². The van der Waals surface area contributed by atoms with E-state index in [1.165, 1.54) is 35.1 Å². The largest absolute Gasteiger partial charge is 0.481 e. The van der Waals surface area contributed by atoms with Gasteiger partial charge in [0.15, 0.2) is 0 Å². The first-order chi connectivity index (χ1) is 14.3. The maximum absolute atomic E-state index is 11.6. The molecule has 1 N–H and O–H groups in total. The second-order valence-electron chi connectivity index (χ2n) is 6.14. The Hall–Kier alpha value is -1.44. The van der Waals surface area contributed by atoms with E-state index >= 15 is 0 Å². The summed E-state index contributed by atoms with van der Waals surface area (Å²) in [6.45, 7) is 8.23. The monoisotopic (exact) mass is 482 g/mol. The van der Waals surface area contributed by atoms with Crippen molar-refractivity contribution < 1.29 is 41.9 Å². The smallest absolute Gasteiger partial charge is 0.337 e. The number of ketones is 1. The standard InChI is InChI=1S/C10H17O4P.C7H10O2.C3H9O3P/c1-5-6-7-9(2)10(11)8-15(12,13-3)14-4;1-3-4-5-6(2)7(8)9;1-5-7(3,4)6-2/h9H,7-8H2,1-4H3;6H,5H2,1-2H3,(H,8,9);1-3H3/t9-;6-;/m00./s1. The lowest BCUT2D eigenvalue weighted by Crippen LogP contribution is -2.16. The molecule has 0 aliphatic heterocycles. The van der Waals surface area contributed by atoms with E-state index in [1.54, 1.807) is 27.7 Å². The Morgan fingerprint density at radius 2 is 1.23 bits per heavy atom. The molecule has 11 heteroatoms. The Morgan fingerprint density at radius 1 is 0.839 bits per heavy atom. The summed E-state index contributed by atoms with van der Waals surface area (Å²) in [5.74, 6) is 9.35. The zero-order valence-electron chi connectivity index (χ0n) is 19.9. The number of hydrogen-bond donors (Lipinski definition) is 1. The van der Waals surface area contributed by atoms with Crippen molar-refractivity contribution in [3.05, 3.63) is 0 Å². The number of carbonyl (C=O) groups is 2. The maximum Gasteiger partial charge on any atom is 0.337 e. The molecule has 0 heterocycles. The van der Waals surface area contributed by atoms with Gasteiger partial charge in [0.05, 0.1) is 5.92 Å². The summed E-state index contributed by atoms with van der Waals surface area (Å²) in [7, 11) is -0.629. The van der Waals surface area contributed by atoms with Gasteiger partial charge < -0.3 is 23.2 Å². The first-order valence-corrected chi connectivity index (χ1v) is 13.0. The summed E-state index contributed by atoms with van der Waals surface area (Å²) in [5, 5.41) is 8.34. The van der Waals surface area contributed by atoms with Crippen LogP contribution < -0.4 is 0 Å². The lowest BCUT2D eigenvalue weighted by molar-refractivity contribution is -0.140. The molecule has 0 radical (unpaired) electrons. The fourth-order valence-electron chi connectivity index (χ4n) is 1.34. The Kier molecular flexibility index (Phi) is 21.2. The molecule has 0 aromatic carbocycles. The maximum atomic E-state index is 11.6. The number of carboxylic acids is 1. The summed E-state index contributed by atoms with van der Waals surface area (Å²) < 4.78 is 40.4. The Bertz CT molecular complexity index is 725. The van der Waals surface area contributed by atoms with Crippen molar-refractivity contribution >= 4 is 26.9 Å². The summed E-state index contributed by atoms with van der Waals surface area (Å²) in [6.07, 6.45) is 0.737. The molecule has 0 amide bonds. The third-order valence-electron chi connectivity index (χ3n) is 3.71. The molecule has 0 aromatic rings. The van der Waals surface area contributed by atoms with Crippen molar-refractivity contribution in [2.24, 2.45) is 11.8 Å². The third kappa shape index (κ3) is 20.2. The van der Waals surface area contributed by atoms with Gasteiger partial charge in [0.1, 0.15) is 11.9 Å². The quantitative estimate of drug-likeness (QED) is 0.358. The second kappa shape index (κ2) is 19.3. The van der Waals surface area contributed by atoms with E-state index < -0.39 is 21.2 Å². The highest BCUT2D eigenvalue weighted by Gasteiger charge is 2.27. The van der Waals surface area contributed by atoms with Crippen LogP contribution in [0.25, 0.3) is 0 Å². The van der Waals surface area contributed by atoms with Crippen molar-refractivity contribution in [2.75, 3.05) is 41.3 Å². The zero-order valence-corrected chi connectivity index (χ0v) is 21.7. The average molecular weight is 482 g/mol. The van der Waals surface area contributed by atoms with Crippen molar-refractivity contribution in [2.45, 2.75) is 40.5 Å². The fraction of sp³-hybridized carbons (Fsp3) is 0.700. The molecule has 31 heavy (non-hydrogen) atoms. The molecule has 0 spiro atoms. The molecule has 0 saturated heterocycles. The highest BCUT2D eigenvalue weighted by Crippen LogP contribution is 2.46. The summed E-state index contributed by atoms with van der Waals surface area (Å²) >= 11 is 0. The molecule has 0 rings (SSSR count). The van der Waals surface area contributed by atoms with Crippen molar-refractivity contribution in [3.8, 4) is 23.7 Å². The minimum Gasteiger partial charge on any atom is -0.481 e. The van der Waals surface area contributed by atoms with Gasteiger partial charge in [-0.1, -0.05) is 13.8 Å². The minimum absolute atomic E-state index is 0.148. The van der Waals surface area contributed by atoms with E-state index in [-0.39, 0.29) is 23.8 Å². The van der Waals surface area contributed by atoms with E-state index in [0.717, 1.165) is 0 Å². The predicted molar refractivity (Wildman–Crippen MR) is 121 cm³/mol. The number of carboxylic acid groups (broad SMARTS) is 1. The Labute approximate surface area is 186 Å². The van der Waals surface area contributed by atoms with Crippen LogP contribution in [0.2, 0.25) is 0 Å². The number of Topliss-reactive ketones (excluding diaryl/α,β-unsaturated/α-hetero) is 1. The van der Waals surface area contributed by atoms with E-state index in [2.05, 4.69) is 41.8 Å². The van der Waals surface area contributed by atoms with Gasteiger partial charge in [-0.15, -0.1) is 23.7 Å². The van der Waals surface area contributed by atoms with Crippen LogP contribution in [-0.2, 0) is 36.8 Å². The van der Waals surface area contributed by atoms with Gasteiger partial charge in [-0.25, -0.2) is 0 Å². The molecular formula is C20H36O9P2. The molecule has 9 nitrogen and oxygen atoms in total. The number of carbonyl (C=O) groups excluding carboxylic acids is 1. The van der Waals surface area contributed by atoms with E-state index in [4.69, 9.17) is 5.11 Å². The molecule has 0 bridgehead atoms. The first-order valence-electron chi connectivity index (χ1n) is 9.23. The van der Waals surface area contributed by atoms with E-state index in [9.17, 15) is 18.7 Å². The van der Waals surface area contributed by atoms with Gasteiger partial charge in [0, 0.05) is 53.9 Å². The van der Waals surface area contributed by atoms with Gasteiger partial charge >= 0.3 is 21.2 Å².